The lowest BCUT2D eigenvalue weighted by molar-refractivity contribution is -0.143. The molecule has 1 heterocycles. The Kier molecular flexibility index (Phi) is 7.08. The number of ether oxygens (including phenoxy) is 1. The number of unbranched alkanes of at least 4 members (excludes halogenated alkanes) is 1. The fourth-order valence-electron chi connectivity index (χ4n) is 2.71. The summed E-state index contributed by atoms with van der Waals surface area (Å²) < 4.78 is 58.5. The molecule has 6 nitrogen and oxygen atoms in total. The summed E-state index contributed by atoms with van der Waals surface area (Å²) in [7, 11) is -4.07. The van der Waals surface area contributed by atoms with E-state index in [1.165, 1.54) is 0 Å². The van der Waals surface area contributed by atoms with Gasteiger partial charge in [0.2, 0.25) is 10.0 Å². The SMILES string of the molecule is CCCCOC(C)C(=O)N1CCN(S(=O)(=O)c2ccc(F)cc2F)CC1. The molecule has 1 aromatic rings. The molecule has 1 aliphatic rings. The molecule has 0 aromatic heterocycles. The first kappa shape index (κ1) is 20.7. The molecule has 1 amide bonds. The molecule has 0 spiro atoms. The van der Waals surface area contributed by atoms with Crippen molar-refractivity contribution < 1.29 is 26.7 Å². The van der Waals surface area contributed by atoms with Crippen LogP contribution < -0.4 is 0 Å². The lowest BCUT2D eigenvalue weighted by atomic mass is 10.3. The van der Waals surface area contributed by atoms with E-state index < -0.39 is 32.7 Å². The van der Waals surface area contributed by atoms with E-state index in [1.54, 1.807) is 11.8 Å². The number of hydrogen-bond acceptors (Lipinski definition) is 4. The molecule has 1 fully saturated rings. The highest BCUT2D eigenvalue weighted by molar-refractivity contribution is 7.89. The van der Waals surface area contributed by atoms with Crippen molar-refractivity contribution in [3.63, 3.8) is 0 Å². The van der Waals surface area contributed by atoms with E-state index in [4.69, 9.17) is 4.74 Å². The number of carbonyl (C=O) groups is 1. The molecular formula is C17H24F2N2O4S. The van der Waals surface area contributed by atoms with Gasteiger partial charge in [-0.3, -0.25) is 4.79 Å². The van der Waals surface area contributed by atoms with Crippen LogP contribution in [-0.4, -0.2) is 62.4 Å². The minimum atomic E-state index is -4.07. The summed E-state index contributed by atoms with van der Waals surface area (Å²) in [4.78, 5) is 13.3. The fourth-order valence-corrected chi connectivity index (χ4v) is 4.17. The smallest absolute Gasteiger partial charge is 0.251 e. The van der Waals surface area contributed by atoms with Crippen molar-refractivity contribution >= 4 is 15.9 Å². The zero-order valence-electron chi connectivity index (χ0n) is 15.0. The molecule has 2 rings (SSSR count). The zero-order chi connectivity index (χ0) is 19.3. The first-order valence-electron chi connectivity index (χ1n) is 8.63. The Balaban J connectivity index is 1.98. The van der Waals surface area contributed by atoms with Crippen molar-refractivity contribution in [2.75, 3.05) is 32.8 Å². The molecule has 1 saturated heterocycles. The van der Waals surface area contributed by atoms with Gasteiger partial charge >= 0.3 is 0 Å². The summed E-state index contributed by atoms with van der Waals surface area (Å²) in [5.74, 6) is -2.15. The number of piperazine rings is 1. The van der Waals surface area contributed by atoms with Gasteiger partial charge in [0.1, 0.15) is 22.6 Å². The van der Waals surface area contributed by atoms with Crippen LogP contribution in [0.15, 0.2) is 23.1 Å². The van der Waals surface area contributed by atoms with Crippen LogP contribution in [0.2, 0.25) is 0 Å². The molecule has 0 bridgehead atoms. The predicted molar refractivity (Wildman–Crippen MR) is 92.0 cm³/mol. The largest absolute Gasteiger partial charge is 0.369 e. The average molecular weight is 390 g/mol. The van der Waals surface area contributed by atoms with Gasteiger partial charge in [0.05, 0.1) is 0 Å². The number of sulfonamides is 1. The molecule has 0 radical (unpaired) electrons. The highest BCUT2D eigenvalue weighted by Crippen LogP contribution is 2.21. The fraction of sp³-hybridized carbons (Fsp3) is 0.588. The standard InChI is InChI=1S/C17H24F2N2O4S/c1-3-4-11-25-13(2)17(22)20-7-9-21(10-8-20)26(23,24)16-6-5-14(18)12-15(16)19/h5-6,12-13H,3-4,7-11H2,1-2H3. The van der Waals surface area contributed by atoms with Gasteiger partial charge in [-0.2, -0.15) is 4.31 Å². The molecular weight excluding hydrogens is 366 g/mol. The summed E-state index contributed by atoms with van der Waals surface area (Å²) in [5.41, 5.74) is 0. The molecule has 26 heavy (non-hydrogen) atoms. The Morgan fingerprint density at radius 2 is 1.88 bits per heavy atom. The Morgan fingerprint density at radius 1 is 1.23 bits per heavy atom. The Morgan fingerprint density at radius 3 is 2.46 bits per heavy atom. The predicted octanol–water partition coefficient (Wildman–Crippen LogP) is 2.00. The number of nitrogens with zero attached hydrogens (tertiary/aromatic N) is 2. The van der Waals surface area contributed by atoms with E-state index in [9.17, 15) is 22.0 Å². The van der Waals surface area contributed by atoms with Crippen molar-refractivity contribution in [2.24, 2.45) is 0 Å². The maximum Gasteiger partial charge on any atom is 0.251 e. The van der Waals surface area contributed by atoms with Crippen molar-refractivity contribution in [3.05, 3.63) is 29.8 Å². The second-order valence-corrected chi connectivity index (χ2v) is 8.08. The number of halogens is 2. The van der Waals surface area contributed by atoms with Crippen LogP contribution in [0.25, 0.3) is 0 Å². The maximum absolute atomic E-state index is 13.8. The summed E-state index contributed by atoms with van der Waals surface area (Å²) in [6.45, 7) is 4.69. The zero-order valence-corrected chi connectivity index (χ0v) is 15.8. The molecule has 0 saturated carbocycles. The normalized spacial score (nSPS) is 17.3. The van der Waals surface area contributed by atoms with Crippen molar-refractivity contribution in [2.45, 2.75) is 37.7 Å². The topological polar surface area (TPSA) is 66.9 Å². The first-order valence-corrected chi connectivity index (χ1v) is 10.1. The third-order valence-electron chi connectivity index (χ3n) is 4.28. The second kappa shape index (κ2) is 8.88. The summed E-state index contributed by atoms with van der Waals surface area (Å²) in [6.07, 6.45) is 1.25. The van der Waals surface area contributed by atoms with Crippen molar-refractivity contribution in [3.8, 4) is 0 Å². The van der Waals surface area contributed by atoms with Gasteiger partial charge in [0.25, 0.3) is 5.91 Å². The monoisotopic (exact) mass is 390 g/mol. The maximum atomic E-state index is 13.8. The van der Waals surface area contributed by atoms with Gasteiger partial charge < -0.3 is 9.64 Å². The molecule has 9 heteroatoms. The van der Waals surface area contributed by atoms with E-state index in [2.05, 4.69) is 0 Å². The summed E-state index contributed by atoms with van der Waals surface area (Å²) in [6, 6.07) is 2.37. The van der Waals surface area contributed by atoms with Gasteiger partial charge in [-0.15, -0.1) is 0 Å². The Hall–Kier alpha value is -1.58. The molecule has 1 unspecified atom stereocenters. The van der Waals surface area contributed by atoms with Crippen LogP contribution in [0, 0.1) is 11.6 Å². The van der Waals surface area contributed by atoms with E-state index in [1.807, 2.05) is 6.92 Å². The number of hydrogen-bond donors (Lipinski definition) is 0. The highest BCUT2D eigenvalue weighted by Gasteiger charge is 2.33. The average Bonchev–Trinajstić information content (AvgIpc) is 2.61. The third kappa shape index (κ3) is 4.77. The molecule has 1 aromatic carbocycles. The van der Waals surface area contributed by atoms with Gasteiger partial charge in [-0.05, 0) is 25.5 Å². The van der Waals surface area contributed by atoms with E-state index in [0.717, 1.165) is 29.3 Å². The lowest BCUT2D eigenvalue weighted by Crippen LogP contribution is -2.52. The highest BCUT2D eigenvalue weighted by atomic mass is 32.2. The van der Waals surface area contributed by atoms with Crippen LogP contribution in [0.4, 0.5) is 8.78 Å². The quantitative estimate of drug-likeness (QED) is 0.668. The van der Waals surface area contributed by atoms with Crippen LogP contribution in [0.5, 0.6) is 0 Å². The number of amides is 1. The Bertz CT molecular complexity index is 734. The van der Waals surface area contributed by atoms with E-state index in [-0.39, 0.29) is 32.1 Å². The number of carbonyl (C=O) groups excluding carboxylic acids is 1. The van der Waals surface area contributed by atoms with Gasteiger partial charge in [0, 0.05) is 38.9 Å². The molecule has 1 atom stereocenters. The van der Waals surface area contributed by atoms with Crippen molar-refractivity contribution in [1.82, 2.24) is 9.21 Å². The minimum Gasteiger partial charge on any atom is -0.369 e. The lowest BCUT2D eigenvalue weighted by Gasteiger charge is -2.35. The van der Waals surface area contributed by atoms with Crippen molar-refractivity contribution in [1.29, 1.82) is 0 Å². The Labute approximate surface area is 152 Å². The van der Waals surface area contributed by atoms with Crippen LogP contribution in [-0.2, 0) is 19.6 Å². The van der Waals surface area contributed by atoms with E-state index >= 15 is 0 Å². The third-order valence-corrected chi connectivity index (χ3v) is 6.21. The number of benzene rings is 1. The van der Waals surface area contributed by atoms with Gasteiger partial charge in [-0.25, -0.2) is 17.2 Å². The molecule has 0 N–H and O–H groups in total. The minimum absolute atomic E-state index is 0.0482. The van der Waals surface area contributed by atoms with Crippen LogP contribution in [0.3, 0.4) is 0 Å². The molecule has 146 valence electrons. The first-order chi connectivity index (χ1) is 12.3. The number of rotatable bonds is 7. The van der Waals surface area contributed by atoms with Gasteiger partial charge in [-0.1, -0.05) is 13.3 Å². The van der Waals surface area contributed by atoms with Crippen LogP contribution >= 0.6 is 0 Å². The molecule has 0 aliphatic carbocycles. The van der Waals surface area contributed by atoms with E-state index in [0.29, 0.717) is 12.7 Å². The summed E-state index contributed by atoms with van der Waals surface area (Å²) in [5, 5.41) is 0. The molecule has 1 aliphatic heterocycles. The van der Waals surface area contributed by atoms with Crippen LogP contribution in [0.1, 0.15) is 26.7 Å². The second-order valence-electron chi connectivity index (χ2n) is 6.17. The summed E-state index contributed by atoms with van der Waals surface area (Å²) >= 11 is 0. The van der Waals surface area contributed by atoms with Gasteiger partial charge in [0.15, 0.2) is 0 Å².